The van der Waals surface area contributed by atoms with Crippen LogP contribution in [0.4, 0.5) is 8.78 Å². The molecular formula is C29H28F2N2O4. The molecule has 3 aromatic carbocycles. The van der Waals surface area contributed by atoms with Crippen LogP contribution in [0.15, 0.2) is 77.2 Å². The summed E-state index contributed by atoms with van der Waals surface area (Å²) in [6.45, 7) is 3.50. The number of benzene rings is 3. The third-order valence-corrected chi connectivity index (χ3v) is 6.19. The van der Waals surface area contributed by atoms with Crippen LogP contribution in [-0.2, 0) is 24.2 Å². The number of hydrogen-bond acceptors (Lipinski definition) is 5. The molecule has 8 heteroatoms. The van der Waals surface area contributed by atoms with Crippen LogP contribution in [-0.4, -0.2) is 28.2 Å². The zero-order valence-corrected chi connectivity index (χ0v) is 20.6. The first kappa shape index (κ1) is 26.0. The molecule has 6 nitrogen and oxygen atoms in total. The SMILES string of the molecule is Cc1oc(-c2ccccc2)nc1CCOc1ccc(C[C@](C)(NCc2c(F)cccc2F)C(=O)O)cc1. The number of ether oxygens (including phenoxy) is 1. The van der Waals surface area contributed by atoms with E-state index in [2.05, 4.69) is 10.3 Å². The molecule has 0 bridgehead atoms. The van der Waals surface area contributed by atoms with Gasteiger partial charge in [-0.3, -0.25) is 10.1 Å². The summed E-state index contributed by atoms with van der Waals surface area (Å²) in [5.74, 6) is -0.620. The first-order valence-corrected chi connectivity index (χ1v) is 11.9. The molecule has 1 aromatic heterocycles. The lowest BCUT2D eigenvalue weighted by Crippen LogP contribution is -2.51. The summed E-state index contributed by atoms with van der Waals surface area (Å²) < 4.78 is 39.5. The lowest BCUT2D eigenvalue weighted by atomic mass is 9.92. The minimum Gasteiger partial charge on any atom is -0.493 e. The zero-order valence-electron chi connectivity index (χ0n) is 20.6. The van der Waals surface area contributed by atoms with Crippen LogP contribution < -0.4 is 10.1 Å². The maximum atomic E-state index is 14.0. The Balaban J connectivity index is 1.33. The monoisotopic (exact) mass is 506 g/mol. The molecule has 37 heavy (non-hydrogen) atoms. The summed E-state index contributed by atoms with van der Waals surface area (Å²) in [7, 11) is 0. The van der Waals surface area contributed by atoms with Crippen molar-refractivity contribution in [2.45, 2.75) is 38.8 Å². The number of nitrogens with zero attached hydrogens (tertiary/aromatic N) is 1. The Labute approximate surface area is 213 Å². The van der Waals surface area contributed by atoms with Crippen LogP contribution in [0.2, 0.25) is 0 Å². The zero-order chi connectivity index (χ0) is 26.4. The Morgan fingerprint density at radius 1 is 1.03 bits per heavy atom. The summed E-state index contributed by atoms with van der Waals surface area (Å²) in [6.07, 6.45) is 0.677. The molecule has 2 N–H and O–H groups in total. The average molecular weight is 507 g/mol. The van der Waals surface area contributed by atoms with Crippen molar-refractivity contribution in [2.75, 3.05) is 6.61 Å². The van der Waals surface area contributed by atoms with Gasteiger partial charge in [0.05, 0.1) is 12.3 Å². The lowest BCUT2D eigenvalue weighted by Gasteiger charge is -2.27. The molecule has 0 radical (unpaired) electrons. The first-order valence-electron chi connectivity index (χ1n) is 11.9. The van der Waals surface area contributed by atoms with Gasteiger partial charge in [-0.2, -0.15) is 0 Å². The Morgan fingerprint density at radius 2 is 1.70 bits per heavy atom. The molecule has 0 aliphatic carbocycles. The van der Waals surface area contributed by atoms with Crippen molar-refractivity contribution < 1.29 is 27.8 Å². The third kappa shape index (κ3) is 6.40. The molecule has 0 fully saturated rings. The number of carboxylic acid groups (broad SMARTS) is 1. The summed E-state index contributed by atoms with van der Waals surface area (Å²) in [5.41, 5.74) is 0.841. The van der Waals surface area contributed by atoms with Gasteiger partial charge in [0.2, 0.25) is 5.89 Å². The number of nitrogens with one attached hydrogen (secondary N) is 1. The molecule has 0 spiro atoms. The second-order valence-corrected chi connectivity index (χ2v) is 9.00. The molecule has 0 unspecified atom stereocenters. The van der Waals surface area contributed by atoms with E-state index in [1.807, 2.05) is 37.3 Å². The fourth-order valence-electron chi connectivity index (χ4n) is 3.94. The van der Waals surface area contributed by atoms with E-state index in [-0.39, 0.29) is 18.5 Å². The van der Waals surface area contributed by atoms with Crippen molar-refractivity contribution in [2.24, 2.45) is 0 Å². The quantitative estimate of drug-likeness (QED) is 0.271. The number of carbonyl (C=O) groups is 1. The largest absolute Gasteiger partial charge is 0.493 e. The third-order valence-electron chi connectivity index (χ3n) is 6.19. The number of oxazole rings is 1. The van der Waals surface area contributed by atoms with Crippen molar-refractivity contribution in [1.29, 1.82) is 0 Å². The Kier molecular flexibility index (Phi) is 7.98. The maximum absolute atomic E-state index is 14.0. The van der Waals surface area contributed by atoms with Crippen LogP contribution in [0.25, 0.3) is 11.5 Å². The van der Waals surface area contributed by atoms with Gasteiger partial charge in [0.25, 0.3) is 0 Å². The second-order valence-electron chi connectivity index (χ2n) is 9.00. The Morgan fingerprint density at radius 3 is 2.35 bits per heavy atom. The van der Waals surface area contributed by atoms with Crippen LogP contribution in [0.3, 0.4) is 0 Å². The van der Waals surface area contributed by atoms with Gasteiger partial charge in [0.15, 0.2) is 0 Å². The number of halogens is 2. The van der Waals surface area contributed by atoms with Crippen molar-refractivity contribution in [1.82, 2.24) is 10.3 Å². The van der Waals surface area contributed by atoms with Gasteiger partial charge in [-0.25, -0.2) is 13.8 Å². The molecule has 0 aliphatic rings. The minimum atomic E-state index is -1.43. The predicted octanol–water partition coefficient (Wildman–Crippen LogP) is 5.73. The molecule has 0 saturated carbocycles. The van der Waals surface area contributed by atoms with Crippen LogP contribution in [0.5, 0.6) is 5.75 Å². The minimum absolute atomic E-state index is 0.110. The van der Waals surface area contributed by atoms with Crippen molar-refractivity contribution in [3.05, 3.63) is 107 Å². The smallest absolute Gasteiger partial charge is 0.323 e. The van der Waals surface area contributed by atoms with E-state index < -0.39 is 23.1 Å². The van der Waals surface area contributed by atoms with Crippen LogP contribution in [0.1, 0.15) is 29.5 Å². The molecule has 4 aromatic rings. The van der Waals surface area contributed by atoms with E-state index >= 15 is 0 Å². The lowest BCUT2D eigenvalue weighted by molar-refractivity contribution is -0.144. The number of hydrogen-bond donors (Lipinski definition) is 2. The van der Waals surface area contributed by atoms with Gasteiger partial charge in [-0.05, 0) is 55.8 Å². The number of aryl methyl sites for hydroxylation is 1. The number of aliphatic carboxylic acids is 1. The van der Waals surface area contributed by atoms with Crippen LogP contribution >= 0.6 is 0 Å². The summed E-state index contributed by atoms with van der Waals surface area (Å²) >= 11 is 0. The Hall–Kier alpha value is -4.04. The topological polar surface area (TPSA) is 84.6 Å². The molecule has 0 amide bonds. The molecule has 0 aliphatic heterocycles. The van der Waals surface area contributed by atoms with E-state index in [0.29, 0.717) is 24.7 Å². The van der Waals surface area contributed by atoms with Gasteiger partial charge >= 0.3 is 5.97 Å². The summed E-state index contributed by atoms with van der Waals surface area (Å²) in [4.78, 5) is 16.6. The van der Waals surface area contributed by atoms with Crippen molar-refractivity contribution >= 4 is 5.97 Å². The van der Waals surface area contributed by atoms with Crippen molar-refractivity contribution in [3.8, 4) is 17.2 Å². The van der Waals surface area contributed by atoms with E-state index in [4.69, 9.17) is 9.15 Å². The van der Waals surface area contributed by atoms with Gasteiger partial charge in [-0.15, -0.1) is 0 Å². The highest BCUT2D eigenvalue weighted by Crippen LogP contribution is 2.23. The number of carboxylic acids is 1. The van der Waals surface area contributed by atoms with E-state index in [1.54, 1.807) is 24.3 Å². The summed E-state index contributed by atoms with van der Waals surface area (Å²) in [5, 5.41) is 12.6. The van der Waals surface area contributed by atoms with E-state index in [1.165, 1.54) is 13.0 Å². The summed E-state index contributed by atoms with van der Waals surface area (Å²) in [6, 6.07) is 20.3. The van der Waals surface area contributed by atoms with Crippen LogP contribution in [0, 0.1) is 18.6 Å². The van der Waals surface area contributed by atoms with Crippen molar-refractivity contribution in [3.63, 3.8) is 0 Å². The predicted molar refractivity (Wildman–Crippen MR) is 135 cm³/mol. The number of aromatic nitrogens is 1. The standard InChI is InChI=1S/C29H28F2N2O4/c1-19-26(33-27(37-19)21-7-4-3-5-8-21)15-16-36-22-13-11-20(12-14-22)17-29(2,28(34)35)32-18-23-24(30)9-6-10-25(23)31/h3-14,32H,15-18H2,1-2H3,(H,34,35)/t29-/m0/s1. The molecular weight excluding hydrogens is 478 g/mol. The highest BCUT2D eigenvalue weighted by atomic mass is 19.1. The second kappa shape index (κ2) is 11.3. The van der Waals surface area contributed by atoms with E-state index in [9.17, 15) is 18.7 Å². The average Bonchev–Trinajstić information content (AvgIpc) is 3.25. The first-order chi connectivity index (χ1) is 17.7. The maximum Gasteiger partial charge on any atom is 0.323 e. The van der Waals surface area contributed by atoms with Gasteiger partial charge < -0.3 is 14.3 Å². The molecule has 4 rings (SSSR count). The molecule has 0 saturated heterocycles. The normalized spacial score (nSPS) is 12.8. The highest BCUT2D eigenvalue weighted by Gasteiger charge is 2.33. The number of rotatable bonds is 11. The molecule has 1 heterocycles. The van der Waals surface area contributed by atoms with E-state index in [0.717, 1.165) is 34.7 Å². The highest BCUT2D eigenvalue weighted by molar-refractivity contribution is 5.78. The molecule has 1 atom stereocenters. The van der Waals surface area contributed by atoms with Gasteiger partial charge in [-0.1, -0.05) is 36.4 Å². The van der Waals surface area contributed by atoms with Gasteiger partial charge in [0.1, 0.15) is 28.7 Å². The van der Waals surface area contributed by atoms with Gasteiger partial charge in [0, 0.05) is 30.5 Å². The molecule has 192 valence electrons. The fourth-order valence-corrected chi connectivity index (χ4v) is 3.94. The Bertz CT molecular complexity index is 1340. The fraction of sp³-hybridized carbons (Fsp3) is 0.241.